The number of pyridine rings is 1. The van der Waals surface area contributed by atoms with Crippen molar-refractivity contribution in [1.29, 1.82) is 0 Å². The van der Waals surface area contributed by atoms with Gasteiger partial charge in [-0.2, -0.15) is 0 Å². The summed E-state index contributed by atoms with van der Waals surface area (Å²) in [6, 6.07) is 29.4. The molecule has 0 unspecified atom stereocenters. The van der Waals surface area contributed by atoms with Crippen molar-refractivity contribution in [3.05, 3.63) is 109 Å². The number of nitrogens with zero attached hydrogens (tertiary/aromatic N) is 4. The summed E-state index contributed by atoms with van der Waals surface area (Å²) in [6.07, 6.45) is 3.47. The van der Waals surface area contributed by atoms with E-state index in [1.807, 2.05) is 90.4 Å². The first-order valence-corrected chi connectivity index (χ1v) is 12.6. The minimum Gasteiger partial charge on any atom is -0.494 e. The van der Waals surface area contributed by atoms with Crippen molar-refractivity contribution in [3.8, 4) is 34.0 Å². The third kappa shape index (κ3) is 5.21. The Balaban J connectivity index is 1.38. The number of ketones is 1. The normalized spacial score (nSPS) is 10.8. The molecule has 36 heavy (non-hydrogen) atoms. The topological polar surface area (TPSA) is 69.9 Å². The molecule has 7 heteroatoms. The first-order chi connectivity index (χ1) is 17.7. The molecule has 5 rings (SSSR count). The minimum atomic E-state index is 0.0313. The molecule has 0 radical (unpaired) electrons. The summed E-state index contributed by atoms with van der Waals surface area (Å²) in [5.41, 5.74) is 4.59. The summed E-state index contributed by atoms with van der Waals surface area (Å²) in [5.74, 6) is 1.73. The molecule has 5 aromatic rings. The van der Waals surface area contributed by atoms with E-state index >= 15 is 0 Å². The second kappa shape index (κ2) is 11.0. The molecular formula is C29H24N4O2S. The molecule has 6 nitrogen and oxygen atoms in total. The van der Waals surface area contributed by atoms with Crippen LogP contribution in [0.4, 0.5) is 0 Å². The second-order valence-electron chi connectivity index (χ2n) is 7.97. The quantitative estimate of drug-likeness (QED) is 0.176. The second-order valence-corrected chi connectivity index (χ2v) is 8.91. The van der Waals surface area contributed by atoms with Crippen LogP contribution in [0.3, 0.4) is 0 Å². The Hall–Kier alpha value is -4.23. The Morgan fingerprint density at radius 3 is 2.25 bits per heavy atom. The maximum absolute atomic E-state index is 13.0. The van der Waals surface area contributed by atoms with Crippen LogP contribution in [0.25, 0.3) is 28.2 Å². The highest BCUT2D eigenvalue weighted by Gasteiger charge is 2.18. The van der Waals surface area contributed by atoms with Gasteiger partial charge in [0.15, 0.2) is 16.8 Å². The maximum atomic E-state index is 13.0. The number of ether oxygens (including phenoxy) is 1. The van der Waals surface area contributed by atoms with Gasteiger partial charge in [0.2, 0.25) is 0 Å². The van der Waals surface area contributed by atoms with E-state index < -0.39 is 0 Å². The van der Waals surface area contributed by atoms with Crippen LogP contribution in [0.15, 0.2) is 109 Å². The lowest BCUT2D eigenvalue weighted by atomic mass is 10.0. The number of hydrogen-bond donors (Lipinski definition) is 0. The summed E-state index contributed by atoms with van der Waals surface area (Å²) in [7, 11) is 0. The zero-order valence-corrected chi connectivity index (χ0v) is 20.6. The Morgan fingerprint density at radius 1 is 0.833 bits per heavy atom. The molecule has 0 aliphatic carbocycles. The lowest BCUT2D eigenvalue weighted by Crippen LogP contribution is -2.05. The predicted molar refractivity (Wildman–Crippen MR) is 143 cm³/mol. The van der Waals surface area contributed by atoms with E-state index in [1.165, 1.54) is 11.8 Å². The van der Waals surface area contributed by atoms with Crippen LogP contribution < -0.4 is 4.74 Å². The van der Waals surface area contributed by atoms with Crippen LogP contribution in [0.5, 0.6) is 5.75 Å². The fraction of sp³-hybridized carbons (Fsp3) is 0.103. The van der Waals surface area contributed by atoms with Crippen molar-refractivity contribution >= 4 is 17.5 Å². The average Bonchev–Trinajstić information content (AvgIpc) is 3.37. The van der Waals surface area contributed by atoms with Gasteiger partial charge in [-0.25, -0.2) is 0 Å². The Kier molecular flexibility index (Phi) is 7.19. The number of carbonyl (C=O) groups is 1. The van der Waals surface area contributed by atoms with Crippen LogP contribution in [0, 0.1) is 0 Å². The van der Waals surface area contributed by atoms with E-state index in [0.717, 1.165) is 28.1 Å². The number of benzene rings is 3. The van der Waals surface area contributed by atoms with E-state index in [9.17, 15) is 4.79 Å². The third-order valence-corrected chi connectivity index (χ3v) is 6.53. The van der Waals surface area contributed by atoms with E-state index in [1.54, 1.807) is 12.4 Å². The minimum absolute atomic E-state index is 0.0313. The molecule has 2 heterocycles. The van der Waals surface area contributed by atoms with Crippen LogP contribution in [0.2, 0.25) is 0 Å². The molecule has 0 saturated heterocycles. The molecule has 0 spiro atoms. The van der Waals surface area contributed by atoms with Gasteiger partial charge < -0.3 is 4.74 Å². The fourth-order valence-corrected chi connectivity index (χ4v) is 4.68. The van der Waals surface area contributed by atoms with E-state index in [4.69, 9.17) is 4.74 Å². The highest BCUT2D eigenvalue weighted by Crippen LogP contribution is 2.29. The van der Waals surface area contributed by atoms with Gasteiger partial charge >= 0.3 is 0 Å². The molecule has 0 amide bonds. The molecule has 0 N–H and O–H groups in total. The van der Waals surface area contributed by atoms with Crippen molar-refractivity contribution in [1.82, 2.24) is 19.7 Å². The van der Waals surface area contributed by atoms with E-state index in [2.05, 4.69) is 27.3 Å². The number of carbonyl (C=O) groups excluding carboxylic acids is 1. The number of aromatic nitrogens is 4. The summed E-state index contributed by atoms with van der Waals surface area (Å²) in [6.45, 7) is 2.55. The monoisotopic (exact) mass is 492 g/mol. The lowest BCUT2D eigenvalue weighted by molar-refractivity contribution is 0.102. The summed E-state index contributed by atoms with van der Waals surface area (Å²) < 4.78 is 7.54. The largest absolute Gasteiger partial charge is 0.494 e. The first-order valence-electron chi connectivity index (χ1n) is 11.6. The van der Waals surface area contributed by atoms with Crippen molar-refractivity contribution in [2.24, 2.45) is 0 Å². The molecule has 0 saturated carbocycles. The molecule has 0 fully saturated rings. The van der Waals surface area contributed by atoms with Gasteiger partial charge in [0.05, 0.1) is 12.4 Å². The standard InChI is InChI=1S/C29H24N4O2S/c1-2-35-26-16-14-25(15-17-26)33-28(24-9-6-18-30-19-24)31-32-29(33)36-20-27(34)23-12-10-22(11-13-23)21-7-4-3-5-8-21/h3-19H,2,20H2,1H3. The van der Waals surface area contributed by atoms with Gasteiger partial charge in [0, 0.05) is 29.2 Å². The van der Waals surface area contributed by atoms with Gasteiger partial charge in [-0.3, -0.25) is 14.3 Å². The Bertz CT molecular complexity index is 1430. The van der Waals surface area contributed by atoms with Gasteiger partial charge in [-0.05, 0) is 54.4 Å². The molecule has 0 atom stereocenters. The Morgan fingerprint density at radius 2 is 1.56 bits per heavy atom. The molecular weight excluding hydrogens is 468 g/mol. The molecule has 3 aromatic carbocycles. The molecule has 0 aliphatic rings. The Labute approximate surface area is 214 Å². The van der Waals surface area contributed by atoms with Gasteiger partial charge in [0.1, 0.15) is 5.75 Å². The summed E-state index contributed by atoms with van der Waals surface area (Å²) in [5, 5.41) is 9.47. The molecule has 2 aromatic heterocycles. The van der Waals surface area contributed by atoms with Crippen LogP contribution in [-0.2, 0) is 0 Å². The number of Topliss-reactive ketones (excluding diaryl/α,β-unsaturated/α-hetero) is 1. The molecule has 0 bridgehead atoms. The first kappa shape index (κ1) is 23.5. The van der Waals surface area contributed by atoms with Crippen LogP contribution >= 0.6 is 11.8 Å². The van der Waals surface area contributed by atoms with Crippen molar-refractivity contribution < 1.29 is 9.53 Å². The molecule has 0 aliphatic heterocycles. The zero-order chi connectivity index (χ0) is 24.7. The van der Waals surface area contributed by atoms with Crippen molar-refractivity contribution in [2.75, 3.05) is 12.4 Å². The van der Waals surface area contributed by atoms with E-state index in [-0.39, 0.29) is 11.5 Å². The fourth-order valence-electron chi connectivity index (χ4n) is 3.83. The average molecular weight is 493 g/mol. The van der Waals surface area contributed by atoms with Crippen LogP contribution in [0.1, 0.15) is 17.3 Å². The number of rotatable bonds is 9. The number of hydrogen-bond acceptors (Lipinski definition) is 6. The lowest BCUT2D eigenvalue weighted by Gasteiger charge is -2.11. The number of thioether (sulfide) groups is 1. The van der Waals surface area contributed by atoms with Gasteiger partial charge in [0.25, 0.3) is 0 Å². The van der Waals surface area contributed by atoms with Crippen LogP contribution in [-0.4, -0.2) is 37.9 Å². The van der Waals surface area contributed by atoms with Gasteiger partial charge in [-0.1, -0.05) is 66.4 Å². The van der Waals surface area contributed by atoms with E-state index in [0.29, 0.717) is 23.2 Å². The van der Waals surface area contributed by atoms with Gasteiger partial charge in [-0.15, -0.1) is 10.2 Å². The third-order valence-electron chi connectivity index (χ3n) is 5.61. The molecule has 178 valence electrons. The highest BCUT2D eigenvalue weighted by atomic mass is 32.2. The summed E-state index contributed by atoms with van der Waals surface area (Å²) >= 11 is 1.36. The summed E-state index contributed by atoms with van der Waals surface area (Å²) in [4.78, 5) is 17.2. The van der Waals surface area contributed by atoms with Crippen molar-refractivity contribution in [3.63, 3.8) is 0 Å². The smallest absolute Gasteiger partial charge is 0.196 e. The predicted octanol–water partition coefficient (Wildman–Crippen LogP) is 6.37. The SMILES string of the molecule is CCOc1ccc(-n2c(SCC(=O)c3ccc(-c4ccccc4)cc3)nnc2-c2cccnc2)cc1. The zero-order valence-electron chi connectivity index (χ0n) is 19.7. The van der Waals surface area contributed by atoms with Crippen molar-refractivity contribution in [2.45, 2.75) is 12.1 Å². The maximum Gasteiger partial charge on any atom is 0.196 e. The highest BCUT2D eigenvalue weighted by molar-refractivity contribution is 7.99.